The Balaban J connectivity index is 1.46. The number of anilines is 1. The van der Waals surface area contributed by atoms with Crippen molar-refractivity contribution in [3.05, 3.63) is 59.2 Å². The quantitative estimate of drug-likeness (QED) is 0.457. The van der Waals surface area contributed by atoms with Crippen molar-refractivity contribution in [1.29, 1.82) is 0 Å². The smallest absolute Gasteiger partial charge is 0.267 e. The monoisotopic (exact) mass is 421 g/mol. The second-order valence-electron chi connectivity index (χ2n) is 6.42. The summed E-state index contributed by atoms with van der Waals surface area (Å²) in [6.07, 6.45) is 1.95. The molecule has 29 heavy (non-hydrogen) atoms. The summed E-state index contributed by atoms with van der Waals surface area (Å²) in [7, 11) is 1.64. The van der Waals surface area contributed by atoms with E-state index in [0.29, 0.717) is 16.1 Å². The number of aryl methyl sites for hydroxylation is 1. The topological polar surface area (TPSA) is 81.4 Å². The predicted molar refractivity (Wildman–Crippen MR) is 115 cm³/mol. The summed E-state index contributed by atoms with van der Waals surface area (Å²) < 4.78 is 15.6. The molecule has 0 aliphatic carbocycles. The van der Waals surface area contributed by atoms with Gasteiger partial charge in [-0.05, 0) is 43.3 Å². The van der Waals surface area contributed by atoms with Crippen LogP contribution < -0.4 is 10.1 Å². The molecule has 0 bridgehead atoms. The van der Waals surface area contributed by atoms with Gasteiger partial charge < -0.3 is 10.1 Å². The number of aromatic nitrogens is 4. The average molecular weight is 422 g/mol. The normalized spacial score (nSPS) is 11.2. The lowest BCUT2D eigenvalue weighted by atomic mass is 10.2. The molecule has 144 valence electrons. The van der Waals surface area contributed by atoms with Crippen LogP contribution in [-0.4, -0.2) is 31.1 Å². The number of hydrogen-bond acceptors (Lipinski definition) is 7. The van der Waals surface area contributed by atoms with Gasteiger partial charge in [-0.25, -0.2) is 4.98 Å². The molecule has 0 atom stereocenters. The van der Waals surface area contributed by atoms with E-state index in [1.165, 1.54) is 11.3 Å². The molecule has 3 heterocycles. The average Bonchev–Trinajstić information content (AvgIpc) is 3.45. The van der Waals surface area contributed by atoms with Gasteiger partial charge in [0.15, 0.2) is 4.96 Å². The van der Waals surface area contributed by atoms with Gasteiger partial charge >= 0.3 is 0 Å². The SMILES string of the molecule is COc1ccc(-c2cn3c(C)c(C(=O)Nc4cccc5nsnc45)sc3n2)cc1. The maximum atomic E-state index is 12.9. The molecular formula is C20H15N5O2S2. The van der Waals surface area contributed by atoms with E-state index in [1.807, 2.05) is 60.0 Å². The molecule has 0 aliphatic heterocycles. The fourth-order valence-electron chi connectivity index (χ4n) is 3.15. The van der Waals surface area contributed by atoms with Crippen LogP contribution >= 0.6 is 23.1 Å². The fraction of sp³-hybridized carbons (Fsp3) is 0.100. The predicted octanol–water partition coefficient (Wildman–Crippen LogP) is 4.64. The number of nitrogens with zero attached hydrogens (tertiary/aromatic N) is 4. The highest BCUT2D eigenvalue weighted by Gasteiger charge is 2.19. The highest BCUT2D eigenvalue weighted by molar-refractivity contribution is 7.19. The Bertz CT molecular complexity index is 1350. The molecule has 5 aromatic rings. The summed E-state index contributed by atoms with van der Waals surface area (Å²) in [6.45, 7) is 1.92. The highest BCUT2D eigenvalue weighted by atomic mass is 32.1. The summed E-state index contributed by atoms with van der Waals surface area (Å²) in [5.74, 6) is 0.625. The van der Waals surface area contributed by atoms with Crippen molar-refractivity contribution in [2.75, 3.05) is 12.4 Å². The number of benzene rings is 2. The Morgan fingerprint density at radius 2 is 1.97 bits per heavy atom. The Kier molecular flexibility index (Phi) is 4.26. The van der Waals surface area contributed by atoms with Gasteiger partial charge in [-0.3, -0.25) is 9.20 Å². The van der Waals surface area contributed by atoms with Crippen LogP contribution in [0.15, 0.2) is 48.7 Å². The number of rotatable bonds is 4. The van der Waals surface area contributed by atoms with Gasteiger partial charge in [0.25, 0.3) is 5.91 Å². The molecule has 0 saturated carbocycles. The lowest BCUT2D eigenvalue weighted by molar-refractivity contribution is 0.103. The Morgan fingerprint density at radius 1 is 1.14 bits per heavy atom. The van der Waals surface area contributed by atoms with Gasteiger partial charge in [0.2, 0.25) is 0 Å². The Labute approximate surface area is 173 Å². The van der Waals surface area contributed by atoms with Crippen LogP contribution in [0.2, 0.25) is 0 Å². The molecular weight excluding hydrogens is 406 g/mol. The zero-order valence-corrected chi connectivity index (χ0v) is 17.2. The van der Waals surface area contributed by atoms with Gasteiger partial charge in [0.05, 0.1) is 30.2 Å². The van der Waals surface area contributed by atoms with Crippen molar-refractivity contribution in [2.45, 2.75) is 6.92 Å². The van der Waals surface area contributed by atoms with Crippen LogP contribution in [0.5, 0.6) is 5.75 Å². The minimum atomic E-state index is -0.176. The molecule has 3 aromatic heterocycles. The molecule has 0 fully saturated rings. The van der Waals surface area contributed by atoms with Crippen molar-refractivity contribution in [1.82, 2.24) is 18.1 Å². The second kappa shape index (κ2) is 6.94. The maximum absolute atomic E-state index is 12.9. The number of carbonyl (C=O) groups is 1. The number of methoxy groups -OCH3 is 1. The first-order valence-electron chi connectivity index (χ1n) is 8.79. The molecule has 0 aliphatic rings. The molecule has 2 aromatic carbocycles. The molecule has 9 heteroatoms. The van der Waals surface area contributed by atoms with Crippen LogP contribution in [0.4, 0.5) is 5.69 Å². The minimum absolute atomic E-state index is 0.176. The van der Waals surface area contributed by atoms with E-state index in [-0.39, 0.29) is 5.91 Å². The van der Waals surface area contributed by atoms with Gasteiger partial charge in [-0.15, -0.1) is 0 Å². The number of hydrogen-bond donors (Lipinski definition) is 1. The van der Waals surface area contributed by atoms with Crippen molar-refractivity contribution >= 4 is 50.7 Å². The summed E-state index contributed by atoms with van der Waals surface area (Å²) >= 11 is 2.49. The van der Waals surface area contributed by atoms with Crippen molar-refractivity contribution in [3.63, 3.8) is 0 Å². The number of amides is 1. The summed E-state index contributed by atoms with van der Waals surface area (Å²) in [6, 6.07) is 13.3. The van der Waals surface area contributed by atoms with Gasteiger partial charge in [0, 0.05) is 17.5 Å². The van der Waals surface area contributed by atoms with Crippen LogP contribution in [0, 0.1) is 6.92 Å². The first kappa shape index (κ1) is 17.8. The van der Waals surface area contributed by atoms with Crippen LogP contribution in [0.1, 0.15) is 15.4 Å². The van der Waals surface area contributed by atoms with E-state index in [4.69, 9.17) is 9.72 Å². The molecule has 0 saturated heterocycles. The molecule has 7 nitrogen and oxygen atoms in total. The standard InChI is InChI=1S/C20H15N5O2S2/c1-11-18(19(26)21-14-4-3-5-15-17(14)24-29-23-15)28-20-22-16(10-25(11)20)12-6-8-13(27-2)9-7-12/h3-10H,1-2H3,(H,21,26). The molecule has 1 amide bonds. The van der Waals surface area contributed by atoms with Crippen LogP contribution in [-0.2, 0) is 0 Å². The van der Waals surface area contributed by atoms with Gasteiger partial charge in [-0.2, -0.15) is 8.75 Å². The van der Waals surface area contributed by atoms with E-state index in [0.717, 1.165) is 44.9 Å². The largest absolute Gasteiger partial charge is 0.497 e. The second-order valence-corrected chi connectivity index (χ2v) is 7.92. The first-order chi connectivity index (χ1) is 14.1. The van der Waals surface area contributed by atoms with E-state index >= 15 is 0 Å². The molecule has 0 radical (unpaired) electrons. The van der Waals surface area contributed by atoms with Crippen molar-refractivity contribution < 1.29 is 9.53 Å². The number of ether oxygens (including phenoxy) is 1. The molecule has 5 rings (SSSR count). The summed E-state index contributed by atoms with van der Waals surface area (Å²) in [5.41, 5.74) is 4.83. The zero-order chi connectivity index (χ0) is 20.0. The highest BCUT2D eigenvalue weighted by Crippen LogP contribution is 2.29. The van der Waals surface area contributed by atoms with E-state index in [2.05, 4.69) is 14.1 Å². The number of imidazole rings is 1. The van der Waals surface area contributed by atoms with E-state index < -0.39 is 0 Å². The number of nitrogens with one attached hydrogen (secondary N) is 1. The lowest BCUT2D eigenvalue weighted by Crippen LogP contribution is -2.12. The summed E-state index contributed by atoms with van der Waals surface area (Å²) in [5, 5.41) is 2.96. The summed E-state index contributed by atoms with van der Waals surface area (Å²) in [4.78, 5) is 19.0. The first-order valence-corrected chi connectivity index (χ1v) is 10.3. The lowest BCUT2D eigenvalue weighted by Gasteiger charge is -2.04. The fourth-order valence-corrected chi connectivity index (χ4v) is 4.70. The van der Waals surface area contributed by atoms with E-state index in [1.54, 1.807) is 7.11 Å². The molecule has 0 spiro atoms. The third-order valence-electron chi connectivity index (χ3n) is 4.68. The third kappa shape index (κ3) is 3.04. The van der Waals surface area contributed by atoms with Gasteiger partial charge in [0.1, 0.15) is 21.7 Å². The third-order valence-corrected chi connectivity index (χ3v) is 6.38. The molecule has 0 unspecified atom stereocenters. The van der Waals surface area contributed by atoms with E-state index in [9.17, 15) is 4.79 Å². The Morgan fingerprint density at radius 3 is 2.72 bits per heavy atom. The van der Waals surface area contributed by atoms with Crippen molar-refractivity contribution in [3.8, 4) is 17.0 Å². The maximum Gasteiger partial charge on any atom is 0.267 e. The number of fused-ring (bicyclic) bond motifs is 2. The molecule has 1 N–H and O–H groups in total. The number of thiazole rings is 1. The van der Waals surface area contributed by atoms with Gasteiger partial charge in [-0.1, -0.05) is 17.4 Å². The van der Waals surface area contributed by atoms with Crippen molar-refractivity contribution in [2.24, 2.45) is 0 Å². The van der Waals surface area contributed by atoms with Crippen LogP contribution in [0.3, 0.4) is 0 Å². The Hall–Kier alpha value is -3.30. The number of carbonyl (C=O) groups excluding carboxylic acids is 1. The van der Waals surface area contributed by atoms with Crippen LogP contribution in [0.25, 0.3) is 27.3 Å². The minimum Gasteiger partial charge on any atom is -0.497 e. The zero-order valence-electron chi connectivity index (χ0n) is 15.5.